The van der Waals surface area contributed by atoms with E-state index in [0.29, 0.717) is 29.7 Å². The summed E-state index contributed by atoms with van der Waals surface area (Å²) < 4.78 is 16.4. The summed E-state index contributed by atoms with van der Waals surface area (Å²) in [5, 5.41) is 3.59. The largest absolute Gasteiger partial charge is 0.497 e. The monoisotopic (exact) mass is 423 g/mol. The Labute approximate surface area is 180 Å². The first-order valence-corrected chi connectivity index (χ1v) is 10.1. The number of nitrogens with one attached hydrogen (secondary N) is 1. The molecule has 3 aromatic carbocycles. The highest BCUT2D eigenvalue weighted by atomic mass is 35.5. The van der Waals surface area contributed by atoms with Gasteiger partial charge in [-0.15, -0.1) is 0 Å². The zero-order chi connectivity index (χ0) is 20.9. The molecule has 1 unspecified atom stereocenters. The SMILES string of the molecule is COc1ccc(C(NC(=O)Cc2cc(Cl)c3c(c2)OCCO3)c2ccccc2)cc1. The van der Waals surface area contributed by atoms with Gasteiger partial charge in [-0.25, -0.2) is 0 Å². The van der Waals surface area contributed by atoms with Crippen molar-refractivity contribution in [2.24, 2.45) is 0 Å². The van der Waals surface area contributed by atoms with Crippen LogP contribution in [0.1, 0.15) is 22.7 Å². The van der Waals surface area contributed by atoms with Crippen molar-refractivity contribution >= 4 is 17.5 Å². The molecule has 6 heteroatoms. The van der Waals surface area contributed by atoms with E-state index in [0.717, 1.165) is 22.4 Å². The Morgan fingerprint density at radius 3 is 2.47 bits per heavy atom. The molecule has 0 saturated heterocycles. The third-order valence-corrected chi connectivity index (χ3v) is 5.19. The van der Waals surface area contributed by atoms with Crippen molar-refractivity contribution in [3.8, 4) is 17.2 Å². The molecule has 0 aromatic heterocycles. The predicted octanol–water partition coefficient (Wildman–Crippen LogP) is 4.57. The van der Waals surface area contributed by atoms with Gasteiger partial charge >= 0.3 is 0 Å². The molecule has 0 spiro atoms. The molecule has 1 aliphatic heterocycles. The molecule has 0 bridgehead atoms. The summed E-state index contributed by atoms with van der Waals surface area (Å²) in [6, 6.07) is 20.8. The molecular formula is C24H22ClNO4. The third-order valence-electron chi connectivity index (χ3n) is 4.91. The van der Waals surface area contributed by atoms with Crippen LogP contribution >= 0.6 is 11.6 Å². The second-order valence-corrected chi connectivity index (χ2v) is 7.37. The van der Waals surface area contributed by atoms with E-state index in [1.807, 2.05) is 60.7 Å². The molecule has 0 fully saturated rings. The average molecular weight is 424 g/mol. The fourth-order valence-electron chi connectivity index (χ4n) is 3.46. The Kier molecular flexibility index (Phi) is 6.10. The smallest absolute Gasteiger partial charge is 0.225 e. The van der Waals surface area contributed by atoms with E-state index in [1.54, 1.807) is 13.2 Å². The van der Waals surface area contributed by atoms with Crippen molar-refractivity contribution in [3.05, 3.63) is 88.4 Å². The molecule has 0 radical (unpaired) electrons. The lowest BCUT2D eigenvalue weighted by molar-refractivity contribution is -0.120. The number of ether oxygens (including phenoxy) is 3. The summed E-state index contributed by atoms with van der Waals surface area (Å²) in [4.78, 5) is 12.9. The van der Waals surface area contributed by atoms with Gasteiger partial charge in [0.2, 0.25) is 5.91 Å². The van der Waals surface area contributed by atoms with Crippen LogP contribution in [0, 0.1) is 0 Å². The minimum Gasteiger partial charge on any atom is -0.497 e. The van der Waals surface area contributed by atoms with Gasteiger partial charge in [-0.3, -0.25) is 4.79 Å². The van der Waals surface area contributed by atoms with Crippen LogP contribution in [-0.4, -0.2) is 26.2 Å². The zero-order valence-electron chi connectivity index (χ0n) is 16.6. The molecule has 1 N–H and O–H groups in total. The molecule has 0 aliphatic carbocycles. The maximum absolute atomic E-state index is 12.9. The molecule has 1 heterocycles. The number of fused-ring (bicyclic) bond motifs is 1. The molecule has 1 aliphatic rings. The lowest BCUT2D eigenvalue weighted by Gasteiger charge is -2.22. The van der Waals surface area contributed by atoms with Crippen molar-refractivity contribution < 1.29 is 19.0 Å². The van der Waals surface area contributed by atoms with Gasteiger partial charge in [-0.2, -0.15) is 0 Å². The van der Waals surface area contributed by atoms with E-state index in [4.69, 9.17) is 25.8 Å². The minimum atomic E-state index is -0.280. The molecule has 1 amide bonds. The maximum Gasteiger partial charge on any atom is 0.225 e. The quantitative estimate of drug-likeness (QED) is 0.631. The predicted molar refractivity (Wildman–Crippen MR) is 116 cm³/mol. The Hall–Kier alpha value is -3.18. The molecule has 3 aromatic rings. The lowest BCUT2D eigenvalue weighted by Crippen LogP contribution is -2.30. The highest BCUT2D eigenvalue weighted by Crippen LogP contribution is 2.38. The average Bonchev–Trinajstić information content (AvgIpc) is 2.78. The molecule has 4 rings (SSSR count). The van der Waals surface area contributed by atoms with Gasteiger partial charge in [0, 0.05) is 0 Å². The molecule has 30 heavy (non-hydrogen) atoms. The van der Waals surface area contributed by atoms with Crippen LogP contribution in [0.3, 0.4) is 0 Å². The first-order valence-electron chi connectivity index (χ1n) is 9.70. The van der Waals surface area contributed by atoms with Crippen LogP contribution in [0.5, 0.6) is 17.2 Å². The van der Waals surface area contributed by atoms with Gasteiger partial charge in [0.15, 0.2) is 11.5 Å². The molecular weight excluding hydrogens is 402 g/mol. The van der Waals surface area contributed by atoms with Crippen molar-refractivity contribution in [1.82, 2.24) is 5.32 Å². The highest BCUT2D eigenvalue weighted by Gasteiger charge is 2.20. The molecule has 0 saturated carbocycles. The van der Waals surface area contributed by atoms with E-state index >= 15 is 0 Å². The van der Waals surface area contributed by atoms with E-state index in [9.17, 15) is 4.79 Å². The first-order chi connectivity index (χ1) is 14.6. The first kappa shape index (κ1) is 20.1. The molecule has 5 nitrogen and oxygen atoms in total. The number of carbonyl (C=O) groups excluding carboxylic acids is 1. The van der Waals surface area contributed by atoms with Crippen LogP contribution in [0.4, 0.5) is 0 Å². The number of methoxy groups -OCH3 is 1. The zero-order valence-corrected chi connectivity index (χ0v) is 17.3. The summed E-state index contributed by atoms with van der Waals surface area (Å²) in [6.45, 7) is 0.930. The fraction of sp³-hybridized carbons (Fsp3) is 0.208. The number of hydrogen-bond acceptors (Lipinski definition) is 4. The number of hydrogen-bond donors (Lipinski definition) is 1. The van der Waals surface area contributed by atoms with Crippen LogP contribution < -0.4 is 19.5 Å². The van der Waals surface area contributed by atoms with Crippen molar-refractivity contribution in [2.75, 3.05) is 20.3 Å². The number of rotatable bonds is 6. The van der Waals surface area contributed by atoms with E-state index in [1.165, 1.54) is 0 Å². The Bertz CT molecular complexity index is 1020. The van der Waals surface area contributed by atoms with E-state index in [-0.39, 0.29) is 18.4 Å². The Balaban J connectivity index is 1.55. The van der Waals surface area contributed by atoms with Crippen LogP contribution in [0.25, 0.3) is 0 Å². The fourth-order valence-corrected chi connectivity index (χ4v) is 3.75. The Morgan fingerprint density at radius 2 is 1.73 bits per heavy atom. The van der Waals surface area contributed by atoms with Crippen LogP contribution in [0.2, 0.25) is 5.02 Å². The van der Waals surface area contributed by atoms with E-state index < -0.39 is 0 Å². The number of amides is 1. The van der Waals surface area contributed by atoms with Gasteiger partial charge in [0.05, 0.1) is 24.6 Å². The Morgan fingerprint density at radius 1 is 1.03 bits per heavy atom. The maximum atomic E-state index is 12.9. The van der Waals surface area contributed by atoms with Gasteiger partial charge in [0.25, 0.3) is 0 Å². The summed E-state index contributed by atoms with van der Waals surface area (Å²) in [7, 11) is 1.63. The van der Waals surface area contributed by atoms with Crippen LogP contribution in [-0.2, 0) is 11.2 Å². The summed E-state index contributed by atoms with van der Waals surface area (Å²) in [6.07, 6.45) is 0.176. The topological polar surface area (TPSA) is 56.8 Å². The van der Waals surface area contributed by atoms with Crippen molar-refractivity contribution in [1.29, 1.82) is 0 Å². The van der Waals surface area contributed by atoms with Gasteiger partial charge < -0.3 is 19.5 Å². The summed E-state index contributed by atoms with van der Waals surface area (Å²) >= 11 is 6.31. The van der Waals surface area contributed by atoms with Gasteiger partial charge in [-0.1, -0.05) is 54.1 Å². The normalized spacial score (nSPS) is 13.4. The van der Waals surface area contributed by atoms with Gasteiger partial charge in [-0.05, 0) is 41.0 Å². The second kappa shape index (κ2) is 9.09. The summed E-state index contributed by atoms with van der Waals surface area (Å²) in [5.74, 6) is 1.76. The van der Waals surface area contributed by atoms with E-state index in [2.05, 4.69) is 5.32 Å². The third kappa shape index (κ3) is 4.52. The van der Waals surface area contributed by atoms with Crippen molar-refractivity contribution in [3.63, 3.8) is 0 Å². The number of benzene rings is 3. The number of carbonyl (C=O) groups is 1. The molecule has 1 atom stereocenters. The lowest BCUT2D eigenvalue weighted by atomic mass is 9.98. The highest BCUT2D eigenvalue weighted by molar-refractivity contribution is 6.32. The minimum absolute atomic E-state index is 0.118. The second-order valence-electron chi connectivity index (χ2n) is 6.96. The number of halogens is 1. The van der Waals surface area contributed by atoms with Crippen LogP contribution in [0.15, 0.2) is 66.7 Å². The molecule has 154 valence electrons. The standard InChI is InChI=1S/C24H22ClNO4/c1-28-19-9-7-18(8-10-19)23(17-5-3-2-4-6-17)26-22(27)15-16-13-20(25)24-21(14-16)29-11-12-30-24/h2-10,13-14,23H,11-12,15H2,1H3,(H,26,27). The summed E-state index contributed by atoms with van der Waals surface area (Å²) in [5.41, 5.74) is 2.73. The van der Waals surface area contributed by atoms with Gasteiger partial charge in [0.1, 0.15) is 19.0 Å². The van der Waals surface area contributed by atoms with Crippen molar-refractivity contribution in [2.45, 2.75) is 12.5 Å².